The van der Waals surface area contributed by atoms with E-state index in [1.807, 2.05) is 91.9 Å². The predicted molar refractivity (Wildman–Crippen MR) is 131 cm³/mol. The molecule has 0 bridgehead atoms. The van der Waals surface area contributed by atoms with Crippen LogP contribution in [0.1, 0.15) is 11.1 Å². The summed E-state index contributed by atoms with van der Waals surface area (Å²) in [4.78, 5) is 0. The second-order valence-corrected chi connectivity index (χ2v) is 8.07. The molecule has 2 nitrogen and oxygen atoms in total. The fraction of sp³-hybridized carbons (Fsp3) is 0.0714. The molecule has 0 aliphatic heterocycles. The Kier molecular flexibility index (Phi) is 5.17. The molecule has 0 fully saturated rings. The van der Waals surface area contributed by atoms with E-state index in [0.717, 1.165) is 45.1 Å². The second-order valence-electron chi connectivity index (χ2n) is 8.07. The van der Waals surface area contributed by atoms with Gasteiger partial charge in [-0.1, -0.05) is 60.7 Å². The number of halogens is 3. The molecule has 0 spiro atoms. The number of hydrogen-bond acceptors (Lipinski definition) is 2. The highest BCUT2D eigenvalue weighted by Gasteiger charge is 2.32. The van der Waals surface area contributed by atoms with Crippen LogP contribution in [0, 0.1) is 6.92 Å². The number of benzene rings is 5. The lowest BCUT2D eigenvalue weighted by atomic mass is 10.0. The van der Waals surface area contributed by atoms with Gasteiger partial charge in [0.1, 0.15) is 0 Å². The molecule has 5 aromatic rings. The monoisotopic (exact) mass is 442 g/mol. The van der Waals surface area contributed by atoms with Crippen molar-refractivity contribution in [3.8, 4) is 0 Å². The van der Waals surface area contributed by atoms with Gasteiger partial charge in [0.25, 0.3) is 0 Å². The molecule has 0 amide bonds. The molecule has 2 N–H and O–H groups in total. The minimum Gasteiger partial charge on any atom is -0.355 e. The summed E-state index contributed by atoms with van der Waals surface area (Å²) < 4.78 is 41.2. The molecular weight excluding hydrogens is 421 g/mol. The first-order valence-electron chi connectivity index (χ1n) is 10.6. The first kappa shape index (κ1) is 20.9. The molecule has 0 aliphatic carbocycles. The fourth-order valence-electron chi connectivity index (χ4n) is 3.98. The van der Waals surface area contributed by atoms with Gasteiger partial charge < -0.3 is 10.6 Å². The summed E-state index contributed by atoms with van der Waals surface area (Å²) in [5, 5.41) is 10.6. The highest BCUT2D eigenvalue weighted by atomic mass is 19.4. The molecule has 0 unspecified atom stereocenters. The lowest BCUT2D eigenvalue weighted by Gasteiger charge is -2.19. The lowest BCUT2D eigenvalue weighted by Crippen LogP contribution is -2.08. The van der Waals surface area contributed by atoms with Crippen molar-refractivity contribution in [2.75, 3.05) is 10.6 Å². The maximum Gasteiger partial charge on any atom is 0.416 e. The second kappa shape index (κ2) is 8.17. The van der Waals surface area contributed by atoms with Crippen LogP contribution in [0.3, 0.4) is 0 Å². The van der Waals surface area contributed by atoms with Gasteiger partial charge in [0.15, 0.2) is 0 Å². The summed E-state index contributed by atoms with van der Waals surface area (Å²) in [6.45, 7) is 1.81. The van der Waals surface area contributed by atoms with E-state index in [9.17, 15) is 13.2 Å². The standard InChI is InChI=1S/C28H21F3N2/c1-18-26(32-24-12-10-19-6-2-4-8-21(19)14-24)16-23(28(29,30)31)17-27(18)33-25-13-11-20-7-3-5-9-22(20)15-25/h2-17,32-33H,1H3. The molecule has 0 saturated heterocycles. The number of anilines is 4. The van der Waals surface area contributed by atoms with Crippen LogP contribution in [0.4, 0.5) is 35.9 Å². The van der Waals surface area contributed by atoms with Crippen LogP contribution in [-0.2, 0) is 6.18 Å². The van der Waals surface area contributed by atoms with Crippen LogP contribution < -0.4 is 10.6 Å². The molecule has 5 heteroatoms. The van der Waals surface area contributed by atoms with Crippen molar-refractivity contribution in [2.24, 2.45) is 0 Å². The average molecular weight is 442 g/mol. The third kappa shape index (κ3) is 4.35. The van der Waals surface area contributed by atoms with Gasteiger partial charge in [-0.15, -0.1) is 0 Å². The summed E-state index contributed by atoms with van der Waals surface area (Å²) in [6, 6.07) is 29.6. The molecule has 0 heterocycles. The van der Waals surface area contributed by atoms with Gasteiger partial charge >= 0.3 is 6.18 Å². The van der Waals surface area contributed by atoms with Crippen LogP contribution in [0.25, 0.3) is 21.5 Å². The minimum absolute atomic E-state index is 0.406. The predicted octanol–water partition coefficient (Wildman–Crippen LogP) is 8.81. The summed E-state index contributed by atoms with van der Waals surface area (Å²) in [7, 11) is 0. The van der Waals surface area contributed by atoms with Crippen LogP contribution in [-0.4, -0.2) is 0 Å². The molecule has 33 heavy (non-hydrogen) atoms. The van der Waals surface area contributed by atoms with E-state index in [2.05, 4.69) is 10.6 Å². The fourth-order valence-corrected chi connectivity index (χ4v) is 3.98. The van der Waals surface area contributed by atoms with Gasteiger partial charge in [-0.05, 0) is 70.4 Å². The van der Waals surface area contributed by atoms with Crippen LogP contribution in [0.15, 0.2) is 97.1 Å². The largest absolute Gasteiger partial charge is 0.416 e. The Bertz CT molecular complexity index is 1370. The van der Waals surface area contributed by atoms with Crippen molar-refractivity contribution >= 4 is 44.3 Å². The van der Waals surface area contributed by atoms with Gasteiger partial charge in [0, 0.05) is 22.7 Å². The Morgan fingerprint density at radius 1 is 0.545 bits per heavy atom. The minimum atomic E-state index is -4.46. The van der Waals surface area contributed by atoms with Crippen molar-refractivity contribution in [2.45, 2.75) is 13.1 Å². The molecule has 0 radical (unpaired) electrons. The Labute approximate surface area is 189 Å². The van der Waals surface area contributed by atoms with E-state index in [1.165, 1.54) is 0 Å². The quantitative estimate of drug-likeness (QED) is 0.291. The van der Waals surface area contributed by atoms with E-state index < -0.39 is 11.7 Å². The van der Waals surface area contributed by atoms with E-state index in [4.69, 9.17) is 0 Å². The topological polar surface area (TPSA) is 24.1 Å². The summed E-state index contributed by atoms with van der Waals surface area (Å²) in [5.41, 5.74) is 2.26. The highest BCUT2D eigenvalue weighted by Crippen LogP contribution is 2.38. The summed E-state index contributed by atoms with van der Waals surface area (Å²) in [6.07, 6.45) is -4.46. The summed E-state index contributed by atoms with van der Waals surface area (Å²) in [5.74, 6) is 0. The SMILES string of the molecule is Cc1c(Nc2ccc3ccccc3c2)cc(C(F)(F)F)cc1Nc1ccc2ccccc2c1. The van der Waals surface area contributed by atoms with E-state index in [1.54, 1.807) is 0 Å². The zero-order chi connectivity index (χ0) is 23.0. The van der Waals surface area contributed by atoms with Crippen LogP contribution in [0.2, 0.25) is 0 Å². The Morgan fingerprint density at radius 3 is 1.39 bits per heavy atom. The number of alkyl halides is 3. The maximum absolute atomic E-state index is 13.7. The smallest absolute Gasteiger partial charge is 0.355 e. The molecular formula is C28H21F3N2. The van der Waals surface area contributed by atoms with Crippen molar-refractivity contribution < 1.29 is 13.2 Å². The zero-order valence-electron chi connectivity index (χ0n) is 17.9. The van der Waals surface area contributed by atoms with Crippen LogP contribution in [0.5, 0.6) is 0 Å². The molecule has 5 aromatic carbocycles. The van der Waals surface area contributed by atoms with E-state index in [-0.39, 0.29) is 0 Å². The van der Waals surface area contributed by atoms with E-state index >= 15 is 0 Å². The Hall–Kier alpha value is -3.99. The van der Waals surface area contributed by atoms with Crippen molar-refractivity contribution in [1.29, 1.82) is 0 Å². The number of hydrogen-bond donors (Lipinski definition) is 2. The molecule has 0 atom stereocenters. The lowest BCUT2D eigenvalue weighted by molar-refractivity contribution is -0.137. The Morgan fingerprint density at radius 2 is 0.970 bits per heavy atom. The van der Waals surface area contributed by atoms with Gasteiger partial charge in [0.05, 0.1) is 5.56 Å². The van der Waals surface area contributed by atoms with Gasteiger partial charge in [-0.2, -0.15) is 13.2 Å². The Balaban J connectivity index is 1.54. The summed E-state index contributed by atoms with van der Waals surface area (Å²) >= 11 is 0. The first-order chi connectivity index (χ1) is 15.9. The normalized spacial score (nSPS) is 11.6. The van der Waals surface area contributed by atoms with Crippen LogP contribution >= 0.6 is 0 Å². The molecule has 0 aromatic heterocycles. The van der Waals surface area contributed by atoms with Gasteiger partial charge in [-0.25, -0.2) is 0 Å². The van der Waals surface area contributed by atoms with E-state index in [0.29, 0.717) is 16.9 Å². The van der Waals surface area contributed by atoms with Crippen molar-refractivity contribution in [3.63, 3.8) is 0 Å². The number of rotatable bonds is 4. The molecule has 5 rings (SSSR count). The molecule has 164 valence electrons. The zero-order valence-corrected chi connectivity index (χ0v) is 17.9. The maximum atomic E-state index is 13.7. The molecule has 0 aliphatic rings. The number of nitrogens with one attached hydrogen (secondary N) is 2. The average Bonchev–Trinajstić information content (AvgIpc) is 2.80. The number of fused-ring (bicyclic) bond motifs is 2. The van der Waals surface area contributed by atoms with Gasteiger partial charge in [0.2, 0.25) is 0 Å². The third-order valence-electron chi connectivity index (χ3n) is 5.79. The molecule has 0 saturated carbocycles. The van der Waals surface area contributed by atoms with Crippen molar-refractivity contribution in [3.05, 3.63) is 108 Å². The first-order valence-corrected chi connectivity index (χ1v) is 10.6. The third-order valence-corrected chi connectivity index (χ3v) is 5.79. The van der Waals surface area contributed by atoms with Gasteiger partial charge in [-0.3, -0.25) is 0 Å². The van der Waals surface area contributed by atoms with Crippen molar-refractivity contribution in [1.82, 2.24) is 0 Å². The highest BCUT2D eigenvalue weighted by molar-refractivity contribution is 5.88.